The average Bonchev–Trinajstić information content (AvgIpc) is 2.34. The Bertz CT molecular complexity index is 584. The summed E-state index contributed by atoms with van der Waals surface area (Å²) in [7, 11) is 0. The van der Waals surface area contributed by atoms with Gasteiger partial charge in [0.2, 0.25) is 0 Å². The number of nitrogens with two attached hydrogens (primary N) is 1. The molecular weight excluding hydrogens is 237 g/mol. The van der Waals surface area contributed by atoms with Crippen LogP contribution < -0.4 is 10.5 Å². The van der Waals surface area contributed by atoms with Gasteiger partial charge in [-0.05, 0) is 25.1 Å². The number of hydrogen-bond donors (Lipinski definition) is 1. The number of Topliss-reactive ketones (excluding diaryl/α,β-unsaturated/α-hetero) is 1. The van der Waals surface area contributed by atoms with Crippen molar-refractivity contribution in [1.82, 2.24) is 9.97 Å². The number of carbonyl (C=O) groups excluding carboxylic acids is 1. The molecule has 1 aromatic carbocycles. The van der Waals surface area contributed by atoms with Crippen LogP contribution >= 0.6 is 0 Å². The topological polar surface area (TPSA) is 78.1 Å². The summed E-state index contributed by atoms with van der Waals surface area (Å²) in [6, 6.07) is 4.59. The highest BCUT2D eigenvalue weighted by molar-refractivity contribution is 5.97. The number of halogens is 1. The summed E-state index contributed by atoms with van der Waals surface area (Å²) >= 11 is 0. The van der Waals surface area contributed by atoms with Crippen LogP contribution in [-0.4, -0.2) is 15.8 Å². The van der Waals surface area contributed by atoms with E-state index in [0.717, 1.165) is 12.4 Å². The van der Waals surface area contributed by atoms with E-state index in [4.69, 9.17) is 10.5 Å². The number of nitrogen functional groups attached to an aromatic ring is 1. The molecule has 0 saturated carbocycles. The normalized spacial score (nSPS) is 10.1. The number of ketones is 1. The third kappa shape index (κ3) is 2.60. The van der Waals surface area contributed by atoms with E-state index in [1.807, 2.05) is 0 Å². The van der Waals surface area contributed by atoms with Crippen molar-refractivity contribution in [1.29, 1.82) is 0 Å². The van der Waals surface area contributed by atoms with Crippen molar-refractivity contribution in [3.8, 4) is 11.8 Å². The van der Waals surface area contributed by atoms with Crippen molar-refractivity contribution in [2.24, 2.45) is 0 Å². The van der Waals surface area contributed by atoms with Crippen molar-refractivity contribution in [2.75, 3.05) is 5.73 Å². The number of ether oxygens (including phenoxy) is 1. The van der Waals surface area contributed by atoms with Crippen LogP contribution in [0.3, 0.4) is 0 Å². The van der Waals surface area contributed by atoms with E-state index in [0.29, 0.717) is 11.3 Å². The lowest BCUT2D eigenvalue weighted by atomic mass is 10.1. The number of benzene rings is 1. The summed E-state index contributed by atoms with van der Waals surface area (Å²) in [5.74, 6) is -0.478. The van der Waals surface area contributed by atoms with Gasteiger partial charge in [-0.2, -0.15) is 0 Å². The Morgan fingerprint density at radius 2 is 2.00 bits per heavy atom. The predicted molar refractivity (Wildman–Crippen MR) is 62.9 cm³/mol. The fourth-order valence-corrected chi connectivity index (χ4v) is 1.36. The number of aromatic nitrogens is 2. The standard InChI is InChI=1S/C12H10FN3O2/c1-7(17)10-4-9(14)2-3-11(10)18-12-15-5-8(13)6-16-12/h2-6H,14H2,1H3. The van der Waals surface area contributed by atoms with Crippen molar-refractivity contribution in [3.63, 3.8) is 0 Å². The molecule has 92 valence electrons. The van der Waals surface area contributed by atoms with Crippen LogP contribution in [0.25, 0.3) is 0 Å². The molecule has 2 rings (SSSR count). The second-order valence-electron chi connectivity index (χ2n) is 3.60. The van der Waals surface area contributed by atoms with E-state index in [-0.39, 0.29) is 17.5 Å². The molecule has 0 radical (unpaired) electrons. The van der Waals surface area contributed by atoms with Gasteiger partial charge in [0, 0.05) is 5.69 Å². The van der Waals surface area contributed by atoms with Gasteiger partial charge in [0.15, 0.2) is 11.6 Å². The fraction of sp³-hybridized carbons (Fsp3) is 0.0833. The maximum atomic E-state index is 12.6. The van der Waals surface area contributed by atoms with Crippen LogP contribution in [0.4, 0.5) is 10.1 Å². The third-order valence-electron chi connectivity index (χ3n) is 2.18. The molecule has 0 aliphatic heterocycles. The van der Waals surface area contributed by atoms with Crippen LogP contribution in [0.2, 0.25) is 0 Å². The minimum atomic E-state index is -0.563. The van der Waals surface area contributed by atoms with Gasteiger partial charge >= 0.3 is 6.01 Å². The average molecular weight is 247 g/mol. The Labute approximate surface area is 102 Å². The molecule has 0 atom stereocenters. The molecule has 5 nitrogen and oxygen atoms in total. The van der Waals surface area contributed by atoms with E-state index < -0.39 is 5.82 Å². The van der Waals surface area contributed by atoms with Gasteiger partial charge in [0.25, 0.3) is 0 Å². The van der Waals surface area contributed by atoms with Crippen LogP contribution in [0, 0.1) is 5.82 Å². The molecule has 0 aliphatic carbocycles. The van der Waals surface area contributed by atoms with Gasteiger partial charge in [-0.25, -0.2) is 14.4 Å². The molecule has 1 aromatic heterocycles. The number of nitrogens with zero attached hydrogens (tertiary/aromatic N) is 2. The van der Waals surface area contributed by atoms with Gasteiger partial charge in [-0.15, -0.1) is 0 Å². The minimum absolute atomic E-state index is 0.0383. The molecule has 0 aliphatic rings. The van der Waals surface area contributed by atoms with Crippen molar-refractivity contribution >= 4 is 11.5 Å². The maximum absolute atomic E-state index is 12.6. The van der Waals surface area contributed by atoms with Crippen LogP contribution in [0.15, 0.2) is 30.6 Å². The first-order chi connectivity index (χ1) is 8.56. The summed E-state index contributed by atoms with van der Waals surface area (Å²) in [5.41, 5.74) is 6.36. The zero-order valence-corrected chi connectivity index (χ0v) is 9.55. The number of carbonyl (C=O) groups is 1. The second kappa shape index (κ2) is 4.79. The highest BCUT2D eigenvalue weighted by Gasteiger charge is 2.11. The molecule has 1 heterocycles. The molecule has 0 spiro atoms. The largest absolute Gasteiger partial charge is 0.424 e. The molecule has 0 amide bonds. The quantitative estimate of drug-likeness (QED) is 0.664. The molecular formula is C12H10FN3O2. The fourth-order valence-electron chi connectivity index (χ4n) is 1.36. The molecule has 6 heteroatoms. The second-order valence-corrected chi connectivity index (χ2v) is 3.60. The van der Waals surface area contributed by atoms with E-state index in [2.05, 4.69) is 9.97 Å². The Hall–Kier alpha value is -2.50. The number of anilines is 1. The van der Waals surface area contributed by atoms with E-state index >= 15 is 0 Å². The monoisotopic (exact) mass is 247 g/mol. The molecule has 0 unspecified atom stereocenters. The Morgan fingerprint density at radius 3 is 2.61 bits per heavy atom. The molecule has 18 heavy (non-hydrogen) atoms. The first kappa shape index (κ1) is 12.0. The number of hydrogen-bond acceptors (Lipinski definition) is 5. The van der Waals surface area contributed by atoms with Crippen molar-refractivity contribution in [3.05, 3.63) is 42.0 Å². The minimum Gasteiger partial charge on any atom is -0.424 e. The van der Waals surface area contributed by atoms with Crippen LogP contribution in [0.1, 0.15) is 17.3 Å². The molecule has 0 fully saturated rings. The van der Waals surface area contributed by atoms with Crippen LogP contribution in [0.5, 0.6) is 11.8 Å². The first-order valence-electron chi connectivity index (χ1n) is 5.12. The molecule has 2 aromatic rings. The SMILES string of the molecule is CC(=O)c1cc(N)ccc1Oc1ncc(F)cn1. The van der Waals surface area contributed by atoms with Gasteiger partial charge in [-0.3, -0.25) is 4.79 Å². The Balaban J connectivity index is 2.34. The van der Waals surface area contributed by atoms with Gasteiger partial charge < -0.3 is 10.5 Å². The highest BCUT2D eigenvalue weighted by atomic mass is 19.1. The van der Waals surface area contributed by atoms with Crippen molar-refractivity contribution in [2.45, 2.75) is 6.92 Å². The lowest BCUT2D eigenvalue weighted by Gasteiger charge is -2.08. The van der Waals surface area contributed by atoms with Crippen LogP contribution in [-0.2, 0) is 0 Å². The summed E-state index contributed by atoms with van der Waals surface area (Å²) in [4.78, 5) is 18.7. The third-order valence-corrected chi connectivity index (χ3v) is 2.18. The molecule has 2 N–H and O–H groups in total. The molecule has 0 saturated heterocycles. The summed E-state index contributed by atoms with van der Waals surface area (Å²) in [6.07, 6.45) is 1.96. The maximum Gasteiger partial charge on any atom is 0.322 e. The lowest BCUT2D eigenvalue weighted by Crippen LogP contribution is -2.00. The lowest BCUT2D eigenvalue weighted by molar-refractivity contribution is 0.101. The summed E-state index contributed by atoms with van der Waals surface area (Å²) in [5, 5.41) is 0. The zero-order valence-electron chi connectivity index (χ0n) is 9.55. The Morgan fingerprint density at radius 1 is 1.33 bits per heavy atom. The van der Waals surface area contributed by atoms with E-state index in [1.54, 1.807) is 12.1 Å². The summed E-state index contributed by atoms with van der Waals surface area (Å²) in [6.45, 7) is 1.40. The van der Waals surface area contributed by atoms with Crippen molar-refractivity contribution < 1.29 is 13.9 Å². The first-order valence-corrected chi connectivity index (χ1v) is 5.12. The van der Waals surface area contributed by atoms with Gasteiger partial charge in [-0.1, -0.05) is 0 Å². The summed E-state index contributed by atoms with van der Waals surface area (Å²) < 4.78 is 18.0. The van der Waals surface area contributed by atoms with Gasteiger partial charge in [0.05, 0.1) is 18.0 Å². The highest BCUT2D eigenvalue weighted by Crippen LogP contribution is 2.25. The van der Waals surface area contributed by atoms with Gasteiger partial charge in [0.1, 0.15) is 5.75 Å². The number of rotatable bonds is 3. The van der Waals surface area contributed by atoms with E-state index in [9.17, 15) is 9.18 Å². The Kier molecular flexibility index (Phi) is 3.18. The molecule has 0 bridgehead atoms. The smallest absolute Gasteiger partial charge is 0.322 e. The predicted octanol–water partition coefficient (Wildman–Crippen LogP) is 2.19. The van der Waals surface area contributed by atoms with E-state index in [1.165, 1.54) is 13.0 Å². The zero-order chi connectivity index (χ0) is 13.1.